The third-order valence-corrected chi connectivity index (χ3v) is 6.84. The van der Waals surface area contributed by atoms with E-state index in [0.29, 0.717) is 17.8 Å². The number of hydrogen-bond donors (Lipinski definition) is 1. The molecule has 0 bridgehead atoms. The van der Waals surface area contributed by atoms with Crippen molar-refractivity contribution in [2.45, 2.75) is 39.5 Å². The number of rotatable bonds is 7. The topological polar surface area (TPSA) is 34.1 Å². The number of piperazine rings is 1. The fraction of sp³-hybridized carbons (Fsp3) is 0.720. The van der Waals surface area contributed by atoms with Gasteiger partial charge in [-0.3, -0.25) is 4.99 Å². The van der Waals surface area contributed by atoms with Crippen LogP contribution in [0, 0.1) is 11.8 Å². The van der Waals surface area contributed by atoms with Crippen LogP contribution < -0.4 is 5.32 Å². The van der Waals surface area contributed by atoms with E-state index in [1.807, 2.05) is 0 Å². The molecule has 1 aromatic carbocycles. The standard InChI is InChI=1S/C25H43N5.HI/c1-5-22-20-30(13-12-24(22)23-10-8-7-9-11-23)25(26-6-2)27-18-21(3)19-29-16-14-28(4)15-17-29;/h7-11,21-22,24H,5-6,12-20H2,1-4H3,(H,26,27);1H. The molecule has 176 valence electrons. The lowest BCUT2D eigenvalue weighted by molar-refractivity contribution is 0.140. The summed E-state index contributed by atoms with van der Waals surface area (Å²) in [5.41, 5.74) is 1.51. The number of halogens is 1. The van der Waals surface area contributed by atoms with Crippen LogP contribution >= 0.6 is 24.0 Å². The fourth-order valence-corrected chi connectivity index (χ4v) is 4.97. The van der Waals surface area contributed by atoms with Crippen LogP contribution in [0.25, 0.3) is 0 Å². The summed E-state index contributed by atoms with van der Waals surface area (Å²) in [4.78, 5) is 12.6. The second kappa shape index (κ2) is 13.6. The first-order valence-corrected chi connectivity index (χ1v) is 12.1. The Balaban J connectivity index is 0.00000341. The fourth-order valence-electron chi connectivity index (χ4n) is 4.97. The van der Waals surface area contributed by atoms with Crippen LogP contribution in [0.1, 0.15) is 45.1 Å². The van der Waals surface area contributed by atoms with Crippen LogP contribution in [0.3, 0.4) is 0 Å². The zero-order valence-electron chi connectivity index (χ0n) is 20.1. The summed E-state index contributed by atoms with van der Waals surface area (Å²) in [5, 5.41) is 3.57. The van der Waals surface area contributed by atoms with Crippen LogP contribution in [-0.2, 0) is 0 Å². The lowest BCUT2D eigenvalue weighted by Crippen LogP contribution is -2.49. The Morgan fingerprint density at radius 1 is 1.10 bits per heavy atom. The van der Waals surface area contributed by atoms with Crippen LogP contribution in [-0.4, -0.2) is 86.6 Å². The van der Waals surface area contributed by atoms with E-state index >= 15 is 0 Å². The highest BCUT2D eigenvalue weighted by Gasteiger charge is 2.30. The first kappa shape index (κ1) is 26.4. The maximum absolute atomic E-state index is 5.08. The van der Waals surface area contributed by atoms with Crippen molar-refractivity contribution < 1.29 is 0 Å². The Morgan fingerprint density at radius 3 is 2.45 bits per heavy atom. The lowest BCUT2D eigenvalue weighted by atomic mass is 9.79. The highest BCUT2D eigenvalue weighted by Crippen LogP contribution is 2.34. The quantitative estimate of drug-likeness (QED) is 0.322. The van der Waals surface area contributed by atoms with E-state index in [4.69, 9.17) is 4.99 Å². The number of piperidine rings is 1. The number of benzene rings is 1. The molecule has 3 atom stereocenters. The Kier molecular flexibility index (Phi) is 11.6. The van der Waals surface area contributed by atoms with Crippen molar-refractivity contribution in [2.75, 3.05) is 66.0 Å². The molecule has 0 radical (unpaired) electrons. The number of likely N-dealkylation sites (tertiary alicyclic amines) is 1. The van der Waals surface area contributed by atoms with Crippen LogP contribution in [0.5, 0.6) is 0 Å². The minimum absolute atomic E-state index is 0. The first-order valence-electron chi connectivity index (χ1n) is 12.1. The number of nitrogens with zero attached hydrogens (tertiary/aromatic N) is 4. The van der Waals surface area contributed by atoms with Gasteiger partial charge < -0.3 is 20.0 Å². The molecule has 31 heavy (non-hydrogen) atoms. The summed E-state index contributed by atoms with van der Waals surface area (Å²) in [6.45, 7) is 16.8. The summed E-state index contributed by atoms with van der Waals surface area (Å²) >= 11 is 0. The van der Waals surface area contributed by atoms with Gasteiger partial charge in [0.15, 0.2) is 5.96 Å². The number of aliphatic imine (C=N–C) groups is 1. The molecule has 1 N–H and O–H groups in total. The van der Waals surface area contributed by atoms with Gasteiger partial charge in [-0.05, 0) is 43.7 Å². The summed E-state index contributed by atoms with van der Waals surface area (Å²) in [6.07, 6.45) is 2.43. The molecule has 3 unspecified atom stereocenters. The van der Waals surface area contributed by atoms with Crippen LogP contribution in [0.2, 0.25) is 0 Å². The molecule has 0 spiro atoms. The van der Waals surface area contributed by atoms with Gasteiger partial charge in [0.25, 0.3) is 0 Å². The lowest BCUT2D eigenvalue weighted by Gasteiger charge is -2.40. The molecule has 2 aliphatic rings. The van der Waals surface area contributed by atoms with Crippen molar-refractivity contribution in [1.29, 1.82) is 0 Å². The van der Waals surface area contributed by atoms with E-state index in [0.717, 1.165) is 38.7 Å². The summed E-state index contributed by atoms with van der Waals surface area (Å²) < 4.78 is 0. The smallest absolute Gasteiger partial charge is 0.193 e. The predicted octanol–water partition coefficient (Wildman–Crippen LogP) is 3.97. The third-order valence-electron chi connectivity index (χ3n) is 6.84. The van der Waals surface area contributed by atoms with Crippen molar-refractivity contribution in [1.82, 2.24) is 20.0 Å². The van der Waals surface area contributed by atoms with Crippen molar-refractivity contribution >= 4 is 29.9 Å². The third kappa shape index (κ3) is 7.90. The molecular formula is C25H44IN5. The average molecular weight is 542 g/mol. The van der Waals surface area contributed by atoms with Crippen LogP contribution in [0.4, 0.5) is 0 Å². The number of likely N-dealkylation sites (N-methyl/N-ethyl adjacent to an activating group) is 1. The number of hydrogen-bond acceptors (Lipinski definition) is 3. The first-order chi connectivity index (χ1) is 14.6. The maximum atomic E-state index is 5.08. The molecule has 1 aromatic rings. The molecule has 5 nitrogen and oxygen atoms in total. The van der Waals surface area contributed by atoms with Crippen molar-refractivity contribution in [3.8, 4) is 0 Å². The molecule has 0 aromatic heterocycles. The van der Waals surface area contributed by atoms with Crippen LogP contribution in [0.15, 0.2) is 35.3 Å². The van der Waals surface area contributed by atoms with E-state index in [1.165, 1.54) is 44.6 Å². The Morgan fingerprint density at radius 2 is 1.81 bits per heavy atom. The normalized spacial score (nSPS) is 24.5. The van der Waals surface area contributed by atoms with E-state index in [-0.39, 0.29) is 24.0 Å². The summed E-state index contributed by atoms with van der Waals surface area (Å²) in [7, 11) is 2.22. The SMILES string of the molecule is CCNC(=NCC(C)CN1CCN(C)CC1)N1CCC(c2ccccc2)C(CC)C1.I. The van der Waals surface area contributed by atoms with Gasteiger partial charge in [0.2, 0.25) is 0 Å². The molecule has 0 saturated carbocycles. The molecule has 2 aliphatic heterocycles. The van der Waals surface area contributed by atoms with E-state index in [9.17, 15) is 0 Å². The summed E-state index contributed by atoms with van der Waals surface area (Å²) in [6, 6.07) is 11.1. The van der Waals surface area contributed by atoms with Gasteiger partial charge in [0.05, 0.1) is 0 Å². The van der Waals surface area contributed by atoms with E-state index in [2.05, 4.69) is 78.2 Å². The van der Waals surface area contributed by atoms with E-state index in [1.54, 1.807) is 0 Å². The minimum Gasteiger partial charge on any atom is -0.357 e. The second-order valence-electron chi connectivity index (χ2n) is 9.32. The Hall–Kier alpha value is -0.860. The summed E-state index contributed by atoms with van der Waals surface area (Å²) in [5.74, 6) is 3.07. The van der Waals surface area contributed by atoms with E-state index < -0.39 is 0 Å². The monoisotopic (exact) mass is 541 g/mol. The van der Waals surface area contributed by atoms with Gasteiger partial charge in [0, 0.05) is 58.9 Å². The van der Waals surface area contributed by atoms with Gasteiger partial charge in [-0.25, -0.2) is 0 Å². The molecule has 2 heterocycles. The van der Waals surface area contributed by atoms with Gasteiger partial charge in [-0.2, -0.15) is 0 Å². The molecule has 3 rings (SSSR count). The van der Waals surface area contributed by atoms with Crippen molar-refractivity contribution in [3.05, 3.63) is 35.9 Å². The molecular weight excluding hydrogens is 497 g/mol. The van der Waals surface area contributed by atoms with Gasteiger partial charge in [0.1, 0.15) is 0 Å². The average Bonchev–Trinajstić information content (AvgIpc) is 2.78. The Bertz CT molecular complexity index is 645. The zero-order valence-corrected chi connectivity index (χ0v) is 22.4. The molecule has 0 amide bonds. The largest absolute Gasteiger partial charge is 0.357 e. The molecule has 6 heteroatoms. The molecule has 2 fully saturated rings. The predicted molar refractivity (Wildman–Crippen MR) is 144 cm³/mol. The molecule has 2 saturated heterocycles. The van der Waals surface area contributed by atoms with Gasteiger partial charge in [-0.1, -0.05) is 50.6 Å². The minimum atomic E-state index is 0. The Labute approximate surface area is 207 Å². The highest BCUT2D eigenvalue weighted by atomic mass is 127. The van der Waals surface area contributed by atoms with Gasteiger partial charge in [-0.15, -0.1) is 24.0 Å². The zero-order chi connectivity index (χ0) is 21.3. The molecule has 0 aliphatic carbocycles. The number of guanidine groups is 1. The second-order valence-corrected chi connectivity index (χ2v) is 9.32. The highest BCUT2D eigenvalue weighted by molar-refractivity contribution is 14.0. The maximum Gasteiger partial charge on any atom is 0.193 e. The van der Waals surface area contributed by atoms with Crippen molar-refractivity contribution in [3.63, 3.8) is 0 Å². The van der Waals surface area contributed by atoms with Gasteiger partial charge >= 0.3 is 0 Å². The van der Waals surface area contributed by atoms with Crippen molar-refractivity contribution in [2.24, 2.45) is 16.8 Å². The number of nitrogens with one attached hydrogen (secondary N) is 1.